The van der Waals surface area contributed by atoms with Crippen molar-refractivity contribution in [2.45, 2.75) is 19.0 Å². The van der Waals surface area contributed by atoms with E-state index in [1.807, 2.05) is 23.1 Å². The molecule has 0 bridgehead atoms. The fourth-order valence-electron chi connectivity index (χ4n) is 2.35. The van der Waals surface area contributed by atoms with E-state index in [9.17, 15) is 4.79 Å². The molecule has 1 aliphatic rings. The van der Waals surface area contributed by atoms with Gasteiger partial charge in [-0.3, -0.25) is 0 Å². The third-order valence-corrected chi connectivity index (χ3v) is 3.32. The first-order valence-electron chi connectivity index (χ1n) is 6.36. The van der Waals surface area contributed by atoms with Crippen molar-refractivity contribution in [3.8, 4) is 0 Å². The summed E-state index contributed by atoms with van der Waals surface area (Å²) in [5, 5.41) is 3.44. The first-order valence-corrected chi connectivity index (χ1v) is 6.36. The minimum Gasteiger partial charge on any atom is -0.331 e. The summed E-state index contributed by atoms with van der Waals surface area (Å²) in [5.41, 5.74) is 1.19. The van der Waals surface area contributed by atoms with Gasteiger partial charge in [-0.15, -0.1) is 0 Å². The number of amides is 2. The van der Waals surface area contributed by atoms with Gasteiger partial charge in [0.05, 0.1) is 6.04 Å². The van der Waals surface area contributed by atoms with E-state index in [1.54, 1.807) is 19.0 Å². The summed E-state index contributed by atoms with van der Waals surface area (Å²) >= 11 is 0. The highest BCUT2D eigenvalue weighted by Crippen LogP contribution is 2.24. The van der Waals surface area contributed by atoms with Crippen LogP contribution in [0.3, 0.4) is 0 Å². The number of carbonyl (C=O) groups excluding carboxylic acids is 1. The average Bonchev–Trinajstić information content (AvgIpc) is 2.38. The topological polar surface area (TPSA) is 35.6 Å². The van der Waals surface area contributed by atoms with Gasteiger partial charge in [0.15, 0.2) is 0 Å². The molecule has 0 aliphatic carbocycles. The smallest absolute Gasteiger partial charge is 0.320 e. The first-order chi connectivity index (χ1) is 8.59. The molecule has 0 radical (unpaired) electrons. The van der Waals surface area contributed by atoms with Gasteiger partial charge in [-0.2, -0.15) is 0 Å². The Balaban J connectivity index is 2.24. The molecule has 1 aliphatic heterocycles. The van der Waals surface area contributed by atoms with Gasteiger partial charge >= 0.3 is 6.03 Å². The standard InChI is InChI=1S/C14H21N3O/c1-11-10-17(14(18)16(2)3)13(9-15-11)12-7-5-4-6-8-12/h4-8,11,13,15H,9-10H2,1-3H3. The molecule has 1 N–H and O–H groups in total. The van der Waals surface area contributed by atoms with Crippen LogP contribution in [0.2, 0.25) is 0 Å². The lowest BCUT2D eigenvalue weighted by molar-refractivity contribution is 0.122. The number of hydrogen-bond acceptors (Lipinski definition) is 2. The maximum atomic E-state index is 12.3. The normalized spacial score (nSPS) is 23.8. The fraction of sp³-hybridized carbons (Fsp3) is 0.500. The summed E-state index contributed by atoms with van der Waals surface area (Å²) in [6.07, 6.45) is 0. The van der Waals surface area contributed by atoms with Crippen molar-refractivity contribution in [1.29, 1.82) is 0 Å². The molecule has 0 spiro atoms. The molecule has 1 heterocycles. The van der Waals surface area contributed by atoms with Gasteiger partial charge in [-0.1, -0.05) is 30.3 Å². The maximum Gasteiger partial charge on any atom is 0.320 e. The third kappa shape index (κ3) is 2.64. The SMILES string of the molecule is CC1CN(C(=O)N(C)C)C(c2ccccc2)CN1. The molecule has 4 heteroatoms. The van der Waals surface area contributed by atoms with Crippen LogP contribution < -0.4 is 5.32 Å². The maximum absolute atomic E-state index is 12.3. The van der Waals surface area contributed by atoms with Crippen LogP contribution in [0.1, 0.15) is 18.5 Å². The fourth-order valence-corrected chi connectivity index (χ4v) is 2.35. The summed E-state index contributed by atoms with van der Waals surface area (Å²) in [4.78, 5) is 15.9. The van der Waals surface area contributed by atoms with E-state index in [4.69, 9.17) is 0 Å². The lowest BCUT2D eigenvalue weighted by Gasteiger charge is -2.40. The average molecular weight is 247 g/mol. The molecule has 0 aromatic heterocycles. The number of carbonyl (C=O) groups is 1. The lowest BCUT2D eigenvalue weighted by atomic mass is 10.0. The van der Waals surface area contributed by atoms with E-state index >= 15 is 0 Å². The van der Waals surface area contributed by atoms with Crippen LogP contribution >= 0.6 is 0 Å². The first kappa shape index (κ1) is 12.9. The molecule has 2 atom stereocenters. The second-order valence-corrected chi connectivity index (χ2v) is 5.07. The zero-order valence-corrected chi connectivity index (χ0v) is 11.3. The van der Waals surface area contributed by atoms with Crippen LogP contribution in [0, 0.1) is 0 Å². The largest absolute Gasteiger partial charge is 0.331 e. The molecule has 1 aromatic carbocycles. The predicted molar refractivity (Wildman–Crippen MR) is 72.4 cm³/mol. The molecule has 0 saturated carbocycles. The Morgan fingerprint density at radius 3 is 2.61 bits per heavy atom. The van der Waals surface area contributed by atoms with Gasteiger partial charge in [0.25, 0.3) is 0 Å². The van der Waals surface area contributed by atoms with Crippen molar-refractivity contribution in [2.75, 3.05) is 27.2 Å². The molecule has 2 unspecified atom stereocenters. The lowest BCUT2D eigenvalue weighted by Crippen LogP contribution is -2.55. The van der Waals surface area contributed by atoms with Crippen LogP contribution in [-0.2, 0) is 0 Å². The van der Waals surface area contributed by atoms with Crippen LogP contribution in [0.4, 0.5) is 4.79 Å². The van der Waals surface area contributed by atoms with Crippen molar-refractivity contribution < 1.29 is 4.79 Å². The Hall–Kier alpha value is -1.55. The van der Waals surface area contributed by atoms with Crippen molar-refractivity contribution >= 4 is 6.03 Å². The van der Waals surface area contributed by atoms with Crippen LogP contribution in [0.15, 0.2) is 30.3 Å². The Kier molecular flexibility index (Phi) is 3.87. The second-order valence-electron chi connectivity index (χ2n) is 5.07. The Morgan fingerprint density at radius 1 is 1.33 bits per heavy atom. The quantitative estimate of drug-likeness (QED) is 0.820. The Labute approximate surface area is 109 Å². The van der Waals surface area contributed by atoms with E-state index in [0.29, 0.717) is 6.04 Å². The molecule has 1 fully saturated rings. The predicted octanol–water partition coefficient (Wildman–Crippen LogP) is 1.70. The van der Waals surface area contributed by atoms with E-state index in [-0.39, 0.29) is 12.1 Å². The monoisotopic (exact) mass is 247 g/mol. The second kappa shape index (κ2) is 5.40. The van der Waals surface area contributed by atoms with E-state index in [1.165, 1.54) is 5.56 Å². The van der Waals surface area contributed by atoms with Gasteiger partial charge < -0.3 is 15.1 Å². The summed E-state index contributed by atoms with van der Waals surface area (Å²) in [6.45, 7) is 3.67. The van der Waals surface area contributed by atoms with E-state index < -0.39 is 0 Å². The van der Waals surface area contributed by atoms with Crippen LogP contribution in [0.25, 0.3) is 0 Å². The molecule has 1 aromatic rings. The van der Waals surface area contributed by atoms with Gasteiger partial charge in [0, 0.05) is 33.2 Å². The van der Waals surface area contributed by atoms with E-state index in [0.717, 1.165) is 13.1 Å². The molecule has 18 heavy (non-hydrogen) atoms. The third-order valence-electron chi connectivity index (χ3n) is 3.32. The molecular weight excluding hydrogens is 226 g/mol. The molecule has 1 saturated heterocycles. The van der Waals surface area contributed by atoms with Gasteiger partial charge in [-0.25, -0.2) is 4.79 Å². The zero-order valence-electron chi connectivity index (χ0n) is 11.3. The highest BCUT2D eigenvalue weighted by molar-refractivity contribution is 5.74. The summed E-state index contributed by atoms with van der Waals surface area (Å²) in [5.74, 6) is 0. The number of nitrogens with one attached hydrogen (secondary N) is 1. The minimum atomic E-state index is 0.0807. The number of nitrogens with zero attached hydrogens (tertiary/aromatic N) is 2. The minimum absolute atomic E-state index is 0.0807. The van der Waals surface area contributed by atoms with Crippen molar-refractivity contribution in [3.05, 3.63) is 35.9 Å². The van der Waals surface area contributed by atoms with Crippen molar-refractivity contribution in [2.24, 2.45) is 0 Å². The number of rotatable bonds is 1. The van der Waals surface area contributed by atoms with E-state index in [2.05, 4.69) is 24.4 Å². The highest BCUT2D eigenvalue weighted by Gasteiger charge is 2.31. The summed E-state index contributed by atoms with van der Waals surface area (Å²) in [7, 11) is 3.61. The highest BCUT2D eigenvalue weighted by atomic mass is 16.2. The summed E-state index contributed by atoms with van der Waals surface area (Å²) in [6, 6.07) is 10.7. The molecular formula is C14H21N3O. The Morgan fingerprint density at radius 2 is 2.00 bits per heavy atom. The van der Waals surface area contributed by atoms with Crippen LogP contribution in [-0.4, -0.2) is 49.1 Å². The van der Waals surface area contributed by atoms with Gasteiger partial charge in [0.1, 0.15) is 0 Å². The van der Waals surface area contributed by atoms with Gasteiger partial charge in [0.2, 0.25) is 0 Å². The zero-order chi connectivity index (χ0) is 13.1. The van der Waals surface area contributed by atoms with Crippen molar-refractivity contribution in [1.82, 2.24) is 15.1 Å². The number of piperazine rings is 1. The number of benzene rings is 1. The van der Waals surface area contributed by atoms with Crippen LogP contribution in [0.5, 0.6) is 0 Å². The summed E-state index contributed by atoms with van der Waals surface area (Å²) < 4.78 is 0. The van der Waals surface area contributed by atoms with Gasteiger partial charge in [-0.05, 0) is 12.5 Å². The molecule has 2 rings (SSSR count). The molecule has 98 valence electrons. The molecule has 4 nitrogen and oxygen atoms in total. The molecule has 2 amide bonds. The number of urea groups is 1. The number of hydrogen-bond donors (Lipinski definition) is 1. The Bertz CT molecular complexity index is 405. The van der Waals surface area contributed by atoms with Crippen molar-refractivity contribution in [3.63, 3.8) is 0 Å².